The van der Waals surface area contributed by atoms with Crippen LogP contribution in [0.5, 0.6) is 0 Å². The Kier molecular flexibility index (Phi) is 7.01. The molecule has 0 bridgehead atoms. The van der Waals surface area contributed by atoms with Crippen molar-refractivity contribution in [1.29, 1.82) is 0 Å². The third kappa shape index (κ3) is 5.13. The Morgan fingerprint density at radius 2 is 1.80 bits per heavy atom. The van der Waals surface area contributed by atoms with Crippen molar-refractivity contribution in [2.75, 3.05) is 7.05 Å². The molecule has 1 heterocycles. The molecule has 0 spiro atoms. The van der Waals surface area contributed by atoms with Crippen molar-refractivity contribution < 1.29 is 9.59 Å². The van der Waals surface area contributed by atoms with Gasteiger partial charge in [0.05, 0.1) is 0 Å². The zero-order valence-corrected chi connectivity index (χ0v) is 19.7. The summed E-state index contributed by atoms with van der Waals surface area (Å²) in [6.07, 6.45) is 1.62. The van der Waals surface area contributed by atoms with E-state index in [9.17, 15) is 9.59 Å². The van der Waals surface area contributed by atoms with Gasteiger partial charge in [0.25, 0.3) is 0 Å². The molecule has 0 aliphatic rings. The van der Waals surface area contributed by atoms with E-state index in [2.05, 4.69) is 46.6 Å². The van der Waals surface area contributed by atoms with E-state index < -0.39 is 0 Å². The monoisotopic (exact) mass is 464 g/mol. The van der Waals surface area contributed by atoms with Crippen LogP contribution in [0.2, 0.25) is 0 Å². The van der Waals surface area contributed by atoms with E-state index in [-0.39, 0.29) is 11.8 Å². The van der Waals surface area contributed by atoms with Gasteiger partial charge in [0.2, 0.25) is 0 Å². The van der Waals surface area contributed by atoms with Crippen LogP contribution in [0.15, 0.2) is 54.7 Å². The molecular weight excluding hydrogens is 439 g/mol. The summed E-state index contributed by atoms with van der Waals surface area (Å²) < 4.78 is 0.614. The summed E-state index contributed by atoms with van der Waals surface area (Å²) in [6, 6.07) is 15.4. The molecule has 0 saturated carbocycles. The average Bonchev–Trinajstić information content (AvgIpc) is 2.77. The molecule has 0 radical (unpaired) electrons. The maximum absolute atomic E-state index is 12.6. The first-order valence-electron chi connectivity index (χ1n) is 9.71. The molecule has 6 nitrogen and oxygen atoms in total. The second-order valence-electron chi connectivity index (χ2n) is 7.23. The average molecular weight is 464 g/mol. The summed E-state index contributed by atoms with van der Waals surface area (Å²) in [7, 11) is 1.56. The van der Waals surface area contributed by atoms with Gasteiger partial charge in [-0.2, -0.15) is 0 Å². The van der Waals surface area contributed by atoms with Crippen molar-refractivity contribution in [3.8, 4) is 11.3 Å². The Balaban J connectivity index is 1.75. The molecule has 0 aliphatic heterocycles. The van der Waals surface area contributed by atoms with Gasteiger partial charge in [-0.25, -0.2) is 0 Å². The van der Waals surface area contributed by atoms with Crippen molar-refractivity contribution in [3.63, 3.8) is 0 Å². The number of carbonyl (C=O) groups is 2. The van der Waals surface area contributed by atoms with Gasteiger partial charge in [-0.3, -0.25) is 0 Å². The number of nitrogens with one attached hydrogen (secondary N) is 2. The molecule has 3 aromatic rings. The van der Waals surface area contributed by atoms with Crippen LogP contribution in [0.25, 0.3) is 11.3 Å². The van der Waals surface area contributed by atoms with E-state index in [1.54, 1.807) is 31.4 Å². The van der Waals surface area contributed by atoms with Crippen LogP contribution in [-0.4, -0.2) is 45.7 Å². The fourth-order valence-corrected chi connectivity index (χ4v) is 3.51. The van der Waals surface area contributed by atoms with Crippen LogP contribution in [-0.2, 0) is 6.54 Å². The third-order valence-electron chi connectivity index (χ3n) is 4.76. The third-order valence-corrected chi connectivity index (χ3v) is 5.65. The molecule has 7 heteroatoms. The molecule has 2 aromatic carbocycles. The molecule has 1 unspecified atom stereocenters. The molecule has 3 rings (SSSR count). The standard InChI is InChI=1S/C23H25AsN4O2/c1-14(2)16-9-7-15(8-10-16)12-27-22(29)18-6-4-5-17(11-18)19-13-26-21(24)20(28-19)23(30)25-3/h4-11,13-14H,12,24H2,1-3H3,(H,25,30)(H,27,29). The summed E-state index contributed by atoms with van der Waals surface area (Å²) in [5, 5.41) is 5.53. The number of hydrogen-bond acceptors (Lipinski definition) is 4. The van der Waals surface area contributed by atoms with Crippen LogP contribution in [0.1, 0.15) is 51.7 Å². The van der Waals surface area contributed by atoms with Crippen molar-refractivity contribution in [2.24, 2.45) is 0 Å². The fraction of sp³-hybridized carbons (Fsp3) is 0.217. The SMILES string of the molecule is CNC(=O)c1nc(-c2cccc(C(=O)NCc3ccc(C(C)C)cc3)c2)cnc1[AsH2]. The Morgan fingerprint density at radius 1 is 1.07 bits per heavy atom. The number of nitrogens with zero attached hydrogens (tertiary/aromatic N) is 2. The van der Waals surface area contributed by atoms with Gasteiger partial charge in [-0.1, -0.05) is 26.0 Å². The summed E-state index contributed by atoms with van der Waals surface area (Å²) in [5.74, 6) is 0.0343. The first-order valence-corrected chi connectivity index (χ1v) is 10.9. The van der Waals surface area contributed by atoms with E-state index >= 15 is 0 Å². The normalized spacial score (nSPS) is 10.7. The molecular formula is C23H25AsN4O2. The van der Waals surface area contributed by atoms with Crippen LogP contribution in [0.4, 0.5) is 0 Å². The molecule has 2 amide bonds. The van der Waals surface area contributed by atoms with Crippen molar-refractivity contribution in [2.45, 2.75) is 26.3 Å². The Bertz CT molecular complexity index is 1070. The molecule has 154 valence electrons. The molecule has 2 N–H and O–H groups in total. The first kappa shape index (κ1) is 21.7. The first-order chi connectivity index (χ1) is 14.4. The summed E-state index contributed by atoms with van der Waals surface area (Å²) in [5.41, 5.74) is 4.43. The van der Waals surface area contributed by atoms with Crippen molar-refractivity contribution in [3.05, 3.63) is 77.1 Å². The van der Waals surface area contributed by atoms with Gasteiger partial charge in [-0.15, -0.1) is 0 Å². The number of hydrogen-bond donors (Lipinski definition) is 2. The molecule has 0 aliphatic carbocycles. The predicted octanol–water partition coefficient (Wildman–Crippen LogP) is 1.82. The summed E-state index contributed by atoms with van der Waals surface area (Å²) in [6.45, 7) is 4.76. The van der Waals surface area contributed by atoms with E-state index in [0.29, 0.717) is 33.9 Å². The van der Waals surface area contributed by atoms with E-state index in [1.807, 2.05) is 18.2 Å². The maximum atomic E-state index is 12.6. The van der Waals surface area contributed by atoms with Crippen LogP contribution >= 0.6 is 0 Å². The Hall–Kier alpha value is -2.98. The van der Waals surface area contributed by atoms with Gasteiger partial charge >= 0.3 is 148 Å². The zero-order chi connectivity index (χ0) is 21.7. The van der Waals surface area contributed by atoms with Gasteiger partial charge < -0.3 is 0 Å². The Labute approximate surface area is 185 Å². The second-order valence-corrected chi connectivity index (χ2v) is 8.38. The quantitative estimate of drug-likeness (QED) is 0.546. The van der Waals surface area contributed by atoms with Crippen molar-refractivity contribution >= 4 is 33.1 Å². The molecule has 30 heavy (non-hydrogen) atoms. The summed E-state index contributed by atoms with van der Waals surface area (Å²) >= 11 is 1.23. The van der Waals surface area contributed by atoms with Crippen LogP contribution in [0.3, 0.4) is 0 Å². The van der Waals surface area contributed by atoms with Crippen LogP contribution in [0, 0.1) is 0 Å². The fourth-order valence-electron chi connectivity index (χ4n) is 2.95. The minimum atomic E-state index is -0.277. The molecule has 1 atom stereocenters. The topological polar surface area (TPSA) is 84.0 Å². The summed E-state index contributed by atoms with van der Waals surface area (Å²) in [4.78, 5) is 33.4. The second kappa shape index (κ2) is 9.68. The Morgan fingerprint density at radius 3 is 2.47 bits per heavy atom. The number of aromatic nitrogens is 2. The van der Waals surface area contributed by atoms with Crippen molar-refractivity contribution in [1.82, 2.24) is 20.6 Å². The number of benzene rings is 2. The number of carbonyl (C=O) groups excluding carboxylic acids is 2. The van der Waals surface area contributed by atoms with Gasteiger partial charge in [-0.05, 0) is 11.5 Å². The van der Waals surface area contributed by atoms with Gasteiger partial charge in [0.15, 0.2) is 0 Å². The molecule has 0 saturated heterocycles. The van der Waals surface area contributed by atoms with E-state index in [1.165, 1.54) is 22.4 Å². The zero-order valence-electron chi connectivity index (χ0n) is 17.3. The van der Waals surface area contributed by atoms with E-state index in [0.717, 1.165) is 11.1 Å². The number of rotatable bonds is 6. The molecule has 0 fully saturated rings. The van der Waals surface area contributed by atoms with E-state index in [4.69, 9.17) is 0 Å². The van der Waals surface area contributed by atoms with Crippen LogP contribution < -0.4 is 15.1 Å². The minimum absolute atomic E-state index is 0.167. The van der Waals surface area contributed by atoms with Gasteiger partial charge in [0, 0.05) is 0 Å². The van der Waals surface area contributed by atoms with Gasteiger partial charge in [0.1, 0.15) is 0 Å². The number of amides is 2. The molecule has 1 aromatic heterocycles. The predicted molar refractivity (Wildman–Crippen MR) is 121 cm³/mol.